The van der Waals surface area contributed by atoms with Crippen molar-refractivity contribution in [2.75, 3.05) is 26.4 Å². The predicted molar refractivity (Wildman–Crippen MR) is 63.7 cm³/mol. The highest BCUT2D eigenvalue weighted by Crippen LogP contribution is 2.43. The number of aliphatic imine (C=N–C) groups is 1. The number of benzene rings is 1. The minimum Gasteiger partial charge on any atom is -0.310 e. The number of hydrogen-bond acceptors (Lipinski definition) is 4. The molecule has 0 unspecified atom stereocenters. The molecule has 0 radical (unpaired) electrons. The summed E-state index contributed by atoms with van der Waals surface area (Å²) < 4.78 is 15.7. The van der Waals surface area contributed by atoms with Crippen LogP contribution in [0.1, 0.15) is 5.56 Å². The first-order chi connectivity index (χ1) is 7.95. The molecule has 16 heavy (non-hydrogen) atoms. The summed E-state index contributed by atoms with van der Waals surface area (Å²) in [6.45, 7) is 2.44. The number of hydrogen-bond donors (Lipinski definition) is 0. The molecular weight excluding hydrogens is 225 g/mol. The first-order valence-corrected chi connectivity index (χ1v) is 6.28. The molecule has 0 N–H and O–H groups in total. The molecule has 0 aliphatic carbocycles. The summed E-state index contributed by atoms with van der Waals surface area (Å²) >= 11 is 0. The van der Waals surface area contributed by atoms with Crippen LogP contribution in [0, 0.1) is 0 Å². The Kier molecular flexibility index (Phi) is 4.90. The number of rotatable bonds is 5. The molecule has 2 rings (SSSR count). The van der Waals surface area contributed by atoms with Gasteiger partial charge in [0.15, 0.2) is 0 Å². The van der Waals surface area contributed by atoms with Crippen molar-refractivity contribution in [3.8, 4) is 0 Å². The van der Waals surface area contributed by atoms with Gasteiger partial charge in [0.05, 0.1) is 26.4 Å². The van der Waals surface area contributed by atoms with Crippen LogP contribution in [-0.2, 0) is 13.6 Å². The standard InChI is InChI=1S/C11H14NO3P/c1-2-4-11(5-3-1)10-12-6-7-13-16-14-8-9-15-16/h1-5,10H,6-9H2. The van der Waals surface area contributed by atoms with Gasteiger partial charge in [-0.1, -0.05) is 30.3 Å². The Hall–Kier alpha value is -0.800. The lowest BCUT2D eigenvalue weighted by Gasteiger charge is -2.05. The van der Waals surface area contributed by atoms with E-state index in [2.05, 4.69) is 4.99 Å². The Labute approximate surface area is 96.2 Å². The fourth-order valence-electron chi connectivity index (χ4n) is 1.21. The summed E-state index contributed by atoms with van der Waals surface area (Å²) in [7, 11) is -1.09. The molecule has 0 atom stereocenters. The van der Waals surface area contributed by atoms with Crippen molar-refractivity contribution >= 4 is 14.8 Å². The lowest BCUT2D eigenvalue weighted by molar-refractivity contribution is 0.254. The van der Waals surface area contributed by atoms with Crippen LogP contribution >= 0.6 is 8.60 Å². The van der Waals surface area contributed by atoms with Crippen LogP contribution in [0.5, 0.6) is 0 Å². The van der Waals surface area contributed by atoms with Gasteiger partial charge in [0.1, 0.15) is 0 Å². The van der Waals surface area contributed by atoms with Crippen molar-refractivity contribution in [1.82, 2.24) is 0 Å². The summed E-state index contributed by atoms with van der Waals surface area (Å²) in [6.07, 6.45) is 1.84. The monoisotopic (exact) mass is 239 g/mol. The van der Waals surface area contributed by atoms with Gasteiger partial charge in [0, 0.05) is 6.21 Å². The van der Waals surface area contributed by atoms with E-state index in [0.29, 0.717) is 26.4 Å². The minimum atomic E-state index is -1.09. The lowest BCUT2D eigenvalue weighted by Crippen LogP contribution is -1.94. The van der Waals surface area contributed by atoms with E-state index in [1.807, 2.05) is 36.5 Å². The fourth-order valence-corrected chi connectivity index (χ4v) is 2.11. The molecule has 1 aromatic carbocycles. The van der Waals surface area contributed by atoms with Gasteiger partial charge < -0.3 is 13.6 Å². The molecule has 0 bridgehead atoms. The van der Waals surface area contributed by atoms with Gasteiger partial charge in [-0.25, -0.2) is 0 Å². The molecule has 86 valence electrons. The maximum atomic E-state index is 5.35. The highest BCUT2D eigenvalue weighted by molar-refractivity contribution is 7.41. The Bertz CT molecular complexity index is 325. The largest absolute Gasteiger partial charge is 0.332 e. The average Bonchev–Trinajstić information content (AvgIpc) is 2.83. The lowest BCUT2D eigenvalue weighted by atomic mass is 10.2. The van der Waals surface area contributed by atoms with Gasteiger partial charge in [0.2, 0.25) is 0 Å². The van der Waals surface area contributed by atoms with Crippen LogP contribution in [-0.4, -0.2) is 32.6 Å². The van der Waals surface area contributed by atoms with Crippen LogP contribution in [0.15, 0.2) is 35.3 Å². The third-order valence-corrected chi connectivity index (χ3v) is 3.11. The van der Waals surface area contributed by atoms with Crippen molar-refractivity contribution in [3.63, 3.8) is 0 Å². The van der Waals surface area contributed by atoms with E-state index in [9.17, 15) is 0 Å². The van der Waals surface area contributed by atoms with Crippen LogP contribution in [0.4, 0.5) is 0 Å². The van der Waals surface area contributed by atoms with Crippen molar-refractivity contribution in [1.29, 1.82) is 0 Å². The number of nitrogens with zero attached hydrogens (tertiary/aromatic N) is 1. The molecule has 4 nitrogen and oxygen atoms in total. The molecule has 1 aliphatic heterocycles. The third-order valence-electron chi connectivity index (χ3n) is 1.93. The summed E-state index contributed by atoms with van der Waals surface area (Å²) in [5, 5.41) is 0. The normalized spacial score (nSPS) is 17.2. The van der Waals surface area contributed by atoms with E-state index in [0.717, 1.165) is 5.56 Å². The summed E-state index contributed by atoms with van der Waals surface area (Å²) in [5.41, 5.74) is 1.10. The molecule has 5 heteroatoms. The van der Waals surface area contributed by atoms with Crippen molar-refractivity contribution < 1.29 is 13.6 Å². The molecule has 1 aromatic rings. The predicted octanol–water partition coefficient (Wildman–Crippen LogP) is 2.40. The van der Waals surface area contributed by atoms with Crippen LogP contribution in [0.3, 0.4) is 0 Å². The van der Waals surface area contributed by atoms with Gasteiger partial charge >= 0.3 is 8.60 Å². The molecular formula is C11H14NO3P. The summed E-state index contributed by atoms with van der Waals surface area (Å²) in [6, 6.07) is 9.98. The van der Waals surface area contributed by atoms with Gasteiger partial charge in [-0.3, -0.25) is 4.99 Å². The van der Waals surface area contributed by atoms with E-state index >= 15 is 0 Å². The fraction of sp³-hybridized carbons (Fsp3) is 0.364. The third kappa shape index (κ3) is 3.99. The van der Waals surface area contributed by atoms with Gasteiger partial charge in [-0.2, -0.15) is 0 Å². The highest BCUT2D eigenvalue weighted by Gasteiger charge is 2.17. The highest BCUT2D eigenvalue weighted by atomic mass is 31.2. The van der Waals surface area contributed by atoms with Gasteiger partial charge in [-0.05, 0) is 5.56 Å². The second kappa shape index (κ2) is 6.71. The van der Waals surface area contributed by atoms with E-state index in [1.165, 1.54) is 0 Å². The average molecular weight is 239 g/mol. The zero-order valence-electron chi connectivity index (χ0n) is 8.91. The maximum Gasteiger partial charge on any atom is 0.332 e. The molecule has 1 fully saturated rings. The smallest absolute Gasteiger partial charge is 0.310 e. The van der Waals surface area contributed by atoms with Crippen molar-refractivity contribution in [2.45, 2.75) is 0 Å². The molecule has 1 heterocycles. The maximum absolute atomic E-state index is 5.35. The molecule has 0 amide bonds. The van der Waals surface area contributed by atoms with E-state index in [4.69, 9.17) is 13.6 Å². The molecule has 1 saturated heterocycles. The van der Waals surface area contributed by atoms with Crippen molar-refractivity contribution in [3.05, 3.63) is 35.9 Å². The van der Waals surface area contributed by atoms with Gasteiger partial charge in [0.25, 0.3) is 0 Å². The van der Waals surface area contributed by atoms with E-state index in [1.54, 1.807) is 0 Å². The van der Waals surface area contributed by atoms with Crippen LogP contribution in [0.2, 0.25) is 0 Å². The Morgan fingerprint density at radius 1 is 1.25 bits per heavy atom. The van der Waals surface area contributed by atoms with E-state index < -0.39 is 8.60 Å². The first-order valence-electron chi connectivity index (χ1n) is 5.19. The molecule has 0 aromatic heterocycles. The summed E-state index contributed by atoms with van der Waals surface area (Å²) in [5.74, 6) is 0. The second-order valence-corrected chi connectivity index (χ2v) is 4.39. The molecule has 0 spiro atoms. The quantitative estimate of drug-likeness (QED) is 0.450. The minimum absolute atomic E-state index is 0.537. The van der Waals surface area contributed by atoms with Crippen LogP contribution < -0.4 is 0 Å². The zero-order valence-corrected chi connectivity index (χ0v) is 9.81. The Balaban J connectivity index is 1.62. The topological polar surface area (TPSA) is 40.0 Å². The summed E-state index contributed by atoms with van der Waals surface area (Å²) in [4.78, 5) is 4.25. The Morgan fingerprint density at radius 3 is 2.75 bits per heavy atom. The van der Waals surface area contributed by atoms with Gasteiger partial charge in [-0.15, -0.1) is 0 Å². The second-order valence-electron chi connectivity index (χ2n) is 3.17. The molecule has 0 saturated carbocycles. The Morgan fingerprint density at radius 2 is 2.00 bits per heavy atom. The zero-order chi connectivity index (χ0) is 11.1. The van der Waals surface area contributed by atoms with Crippen LogP contribution in [0.25, 0.3) is 0 Å². The SMILES string of the molecule is C(=NCCOP1OCCO1)c1ccccc1. The van der Waals surface area contributed by atoms with E-state index in [-0.39, 0.29) is 0 Å². The molecule has 1 aliphatic rings. The van der Waals surface area contributed by atoms with Crippen molar-refractivity contribution in [2.24, 2.45) is 4.99 Å². The first kappa shape index (κ1) is 11.7.